The molecule has 1 saturated heterocycles. The smallest absolute Gasteiger partial charge is 0.312 e. The summed E-state index contributed by atoms with van der Waals surface area (Å²) in [5.41, 5.74) is 0. The van der Waals surface area contributed by atoms with E-state index in [-0.39, 0.29) is 12.3 Å². The molecular weight excluding hydrogens is 204 g/mol. The molecule has 0 aliphatic carbocycles. The molecule has 1 aliphatic heterocycles. The fourth-order valence-corrected chi connectivity index (χ4v) is 1.25. The first kappa shape index (κ1) is 11.2. The first-order chi connectivity index (χ1) is 6.91. The molecule has 2 N–H and O–H groups in total. The van der Waals surface area contributed by atoms with Gasteiger partial charge in [-0.3, -0.25) is 24.1 Å². The van der Waals surface area contributed by atoms with Crippen LogP contribution in [0.15, 0.2) is 0 Å². The molecule has 15 heavy (non-hydrogen) atoms. The average Bonchev–Trinajstić information content (AvgIpc) is 2.32. The summed E-state index contributed by atoms with van der Waals surface area (Å²) in [7, 11) is 1.31. The van der Waals surface area contributed by atoms with Gasteiger partial charge in [0.1, 0.15) is 12.5 Å². The zero-order valence-corrected chi connectivity index (χ0v) is 8.02. The van der Waals surface area contributed by atoms with Gasteiger partial charge in [0.05, 0.1) is 6.42 Å². The van der Waals surface area contributed by atoms with Crippen LogP contribution >= 0.6 is 0 Å². The number of carbonyl (C=O) groups is 4. The summed E-state index contributed by atoms with van der Waals surface area (Å²) in [5.74, 6) is -2.96. The van der Waals surface area contributed by atoms with E-state index in [2.05, 4.69) is 5.32 Å². The van der Waals surface area contributed by atoms with E-state index in [0.29, 0.717) is 0 Å². The van der Waals surface area contributed by atoms with Crippen LogP contribution in [0.5, 0.6) is 0 Å². The lowest BCUT2D eigenvalue weighted by atomic mass is 10.2. The van der Waals surface area contributed by atoms with Gasteiger partial charge >= 0.3 is 5.97 Å². The number of hydrogen-bond acceptors (Lipinski definition) is 4. The molecular formula is C8H10N2O5. The Morgan fingerprint density at radius 3 is 2.53 bits per heavy atom. The molecule has 1 aliphatic rings. The number of nitrogens with one attached hydrogen (secondary N) is 1. The summed E-state index contributed by atoms with van der Waals surface area (Å²) in [5, 5.41) is 10.5. The summed E-state index contributed by atoms with van der Waals surface area (Å²) in [6, 6.07) is -0.922. The fourth-order valence-electron chi connectivity index (χ4n) is 1.25. The monoisotopic (exact) mass is 214 g/mol. The fraction of sp³-hybridized carbons (Fsp3) is 0.500. The normalized spacial score (nSPS) is 20.6. The van der Waals surface area contributed by atoms with E-state index < -0.39 is 30.2 Å². The summed E-state index contributed by atoms with van der Waals surface area (Å²) < 4.78 is 0. The van der Waals surface area contributed by atoms with Gasteiger partial charge in [-0.15, -0.1) is 0 Å². The highest BCUT2D eigenvalue weighted by atomic mass is 16.4. The predicted octanol–water partition coefficient (Wildman–Crippen LogP) is -1.67. The second-order valence-corrected chi connectivity index (χ2v) is 3.19. The Morgan fingerprint density at radius 1 is 1.53 bits per heavy atom. The van der Waals surface area contributed by atoms with Gasteiger partial charge in [-0.2, -0.15) is 0 Å². The number of carboxylic acid groups (broad SMARTS) is 1. The van der Waals surface area contributed by atoms with Gasteiger partial charge in [0.2, 0.25) is 11.8 Å². The number of carbonyl (C=O) groups excluding carboxylic acids is 3. The van der Waals surface area contributed by atoms with Gasteiger partial charge in [-0.05, 0) is 0 Å². The molecule has 1 unspecified atom stereocenters. The van der Waals surface area contributed by atoms with Gasteiger partial charge in [0.15, 0.2) is 0 Å². The zero-order valence-electron chi connectivity index (χ0n) is 8.02. The van der Waals surface area contributed by atoms with E-state index in [4.69, 9.17) is 5.11 Å². The summed E-state index contributed by atoms with van der Waals surface area (Å²) in [6.45, 7) is 0. The van der Waals surface area contributed by atoms with E-state index in [1.807, 2.05) is 0 Å². The molecule has 0 saturated carbocycles. The molecule has 7 nitrogen and oxygen atoms in total. The van der Waals surface area contributed by atoms with Gasteiger partial charge in [0, 0.05) is 7.05 Å². The molecule has 1 rings (SSSR count). The molecule has 0 aromatic rings. The SMILES string of the molecule is CN1C(=O)CC(NC(=O)CC(=O)O)C1=O. The highest BCUT2D eigenvalue weighted by Crippen LogP contribution is 2.10. The van der Waals surface area contributed by atoms with Crippen molar-refractivity contribution in [3.05, 3.63) is 0 Å². The molecule has 7 heteroatoms. The molecule has 0 spiro atoms. The van der Waals surface area contributed by atoms with Crippen LogP contribution in [0.3, 0.4) is 0 Å². The lowest BCUT2D eigenvalue weighted by Gasteiger charge is -2.09. The minimum Gasteiger partial charge on any atom is -0.481 e. The van der Waals surface area contributed by atoms with E-state index in [1.165, 1.54) is 7.05 Å². The topological polar surface area (TPSA) is 104 Å². The number of imide groups is 1. The molecule has 82 valence electrons. The Hall–Kier alpha value is -1.92. The van der Waals surface area contributed by atoms with Crippen LogP contribution in [-0.2, 0) is 19.2 Å². The van der Waals surface area contributed by atoms with Gasteiger partial charge in [0.25, 0.3) is 5.91 Å². The Kier molecular flexibility index (Phi) is 3.03. The Morgan fingerprint density at radius 2 is 2.13 bits per heavy atom. The number of nitrogens with zero attached hydrogens (tertiary/aromatic N) is 1. The Balaban J connectivity index is 2.54. The molecule has 1 heterocycles. The second-order valence-electron chi connectivity index (χ2n) is 3.19. The van der Waals surface area contributed by atoms with Crippen molar-refractivity contribution in [2.75, 3.05) is 7.05 Å². The molecule has 0 bridgehead atoms. The first-order valence-corrected chi connectivity index (χ1v) is 4.23. The van der Waals surface area contributed by atoms with Crippen molar-refractivity contribution in [2.45, 2.75) is 18.9 Å². The molecule has 3 amide bonds. The van der Waals surface area contributed by atoms with E-state index in [0.717, 1.165) is 4.90 Å². The number of carboxylic acids is 1. The third kappa shape index (κ3) is 2.52. The standard InChI is InChI=1S/C8H10N2O5/c1-10-6(12)2-4(8(10)15)9-5(11)3-7(13)14/h4H,2-3H2,1H3,(H,9,11)(H,13,14). The maximum Gasteiger partial charge on any atom is 0.312 e. The van der Waals surface area contributed by atoms with E-state index in [9.17, 15) is 19.2 Å². The van der Waals surface area contributed by atoms with E-state index >= 15 is 0 Å². The predicted molar refractivity (Wildman–Crippen MR) is 46.6 cm³/mol. The van der Waals surface area contributed by atoms with Gasteiger partial charge in [-0.25, -0.2) is 0 Å². The van der Waals surface area contributed by atoms with Crippen LogP contribution in [0.1, 0.15) is 12.8 Å². The molecule has 0 aromatic carbocycles. The summed E-state index contributed by atoms with van der Waals surface area (Å²) >= 11 is 0. The van der Waals surface area contributed by atoms with Gasteiger partial charge in [-0.1, -0.05) is 0 Å². The minimum atomic E-state index is -1.28. The largest absolute Gasteiger partial charge is 0.481 e. The highest BCUT2D eigenvalue weighted by Gasteiger charge is 2.36. The Bertz CT molecular complexity index is 338. The molecule has 0 radical (unpaired) electrons. The van der Waals surface area contributed by atoms with Crippen molar-refractivity contribution in [2.24, 2.45) is 0 Å². The quantitative estimate of drug-likeness (QED) is 0.432. The lowest BCUT2D eigenvalue weighted by molar-refractivity contribution is -0.143. The van der Waals surface area contributed by atoms with Gasteiger partial charge < -0.3 is 10.4 Å². The number of hydrogen-bond donors (Lipinski definition) is 2. The number of rotatable bonds is 3. The Labute approximate surface area is 85.0 Å². The summed E-state index contributed by atoms with van der Waals surface area (Å²) in [4.78, 5) is 44.4. The lowest BCUT2D eigenvalue weighted by Crippen LogP contribution is -2.41. The van der Waals surface area contributed by atoms with Crippen LogP contribution in [0.25, 0.3) is 0 Å². The van der Waals surface area contributed by atoms with Crippen LogP contribution in [-0.4, -0.2) is 46.8 Å². The molecule has 1 fully saturated rings. The van der Waals surface area contributed by atoms with Crippen LogP contribution in [0, 0.1) is 0 Å². The minimum absolute atomic E-state index is 0.110. The maximum atomic E-state index is 11.3. The highest BCUT2D eigenvalue weighted by molar-refractivity contribution is 6.07. The number of aliphatic carboxylic acids is 1. The number of likely N-dealkylation sites (N-methyl/N-ethyl adjacent to an activating group) is 1. The third-order valence-corrected chi connectivity index (χ3v) is 2.03. The van der Waals surface area contributed by atoms with Crippen molar-refractivity contribution in [3.63, 3.8) is 0 Å². The maximum absolute atomic E-state index is 11.3. The average molecular weight is 214 g/mol. The van der Waals surface area contributed by atoms with E-state index in [1.54, 1.807) is 0 Å². The van der Waals surface area contributed by atoms with Crippen molar-refractivity contribution >= 4 is 23.7 Å². The first-order valence-electron chi connectivity index (χ1n) is 4.23. The third-order valence-electron chi connectivity index (χ3n) is 2.03. The van der Waals surface area contributed by atoms with Crippen molar-refractivity contribution in [1.29, 1.82) is 0 Å². The van der Waals surface area contributed by atoms with Crippen LogP contribution in [0.4, 0.5) is 0 Å². The van der Waals surface area contributed by atoms with Crippen molar-refractivity contribution in [1.82, 2.24) is 10.2 Å². The second kappa shape index (κ2) is 4.07. The zero-order chi connectivity index (χ0) is 11.6. The molecule has 0 aromatic heterocycles. The van der Waals surface area contributed by atoms with Crippen LogP contribution in [0.2, 0.25) is 0 Å². The summed E-state index contributed by atoms with van der Waals surface area (Å²) in [6.07, 6.45) is -0.817. The molecule has 1 atom stereocenters. The van der Waals surface area contributed by atoms with Crippen molar-refractivity contribution < 1.29 is 24.3 Å². The number of amides is 3. The number of likely N-dealkylation sites (tertiary alicyclic amines) is 1. The van der Waals surface area contributed by atoms with Crippen LogP contribution < -0.4 is 5.32 Å². The van der Waals surface area contributed by atoms with Crippen molar-refractivity contribution in [3.8, 4) is 0 Å².